The van der Waals surface area contributed by atoms with Crippen LogP contribution in [-0.4, -0.2) is 18.6 Å². The van der Waals surface area contributed by atoms with Gasteiger partial charge >= 0.3 is 0 Å². The second kappa shape index (κ2) is 5.05. The minimum atomic E-state index is 0.463. The van der Waals surface area contributed by atoms with Crippen LogP contribution in [0.1, 0.15) is 64.7 Å². The van der Waals surface area contributed by atoms with Gasteiger partial charge in [0.2, 0.25) is 0 Å². The Morgan fingerprint density at radius 3 is 2.19 bits per heavy atom. The molecule has 0 amide bonds. The number of nitrogens with one attached hydrogen (secondary N) is 1. The van der Waals surface area contributed by atoms with E-state index in [1.807, 2.05) is 0 Å². The summed E-state index contributed by atoms with van der Waals surface area (Å²) in [5, 5.41) is 3.75. The average Bonchev–Trinajstić information content (AvgIpc) is 2.28. The van der Waals surface area contributed by atoms with E-state index in [2.05, 4.69) is 12.2 Å². The van der Waals surface area contributed by atoms with Crippen LogP contribution in [0, 0.1) is 5.41 Å². The van der Waals surface area contributed by atoms with Gasteiger partial charge in [-0.1, -0.05) is 19.3 Å². The zero-order valence-corrected chi connectivity index (χ0v) is 10.9. The maximum absolute atomic E-state index is 6.01. The molecule has 0 heterocycles. The molecule has 2 aliphatic rings. The summed E-state index contributed by atoms with van der Waals surface area (Å²) in [5.41, 5.74) is 6.95. The Balaban J connectivity index is 1.73. The molecular weight excluding hydrogens is 196 g/mol. The molecule has 0 radical (unpaired) electrons. The van der Waals surface area contributed by atoms with Crippen molar-refractivity contribution in [2.75, 3.05) is 13.1 Å². The van der Waals surface area contributed by atoms with Crippen LogP contribution in [0.3, 0.4) is 0 Å². The fraction of sp³-hybridized carbons (Fsp3) is 1.00. The van der Waals surface area contributed by atoms with Crippen molar-refractivity contribution in [3.05, 3.63) is 0 Å². The Morgan fingerprint density at radius 2 is 1.69 bits per heavy atom. The number of hydrogen-bond acceptors (Lipinski definition) is 2. The summed E-state index contributed by atoms with van der Waals surface area (Å²) in [4.78, 5) is 0. The van der Waals surface area contributed by atoms with Crippen LogP contribution in [-0.2, 0) is 0 Å². The minimum Gasteiger partial charge on any atom is -0.330 e. The van der Waals surface area contributed by atoms with Crippen LogP contribution >= 0.6 is 0 Å². The van der Waals surface area contributed by atoms with Gasteiger partial charge in [-0.3, -0.25) is 0 Å². The van der Waals surface area contributed by atoms with Gasteiger partial charge in [0.15, 0.2) is 0 Å². The fourth-order valence-corrected chi connectivity index (χ4v) is 3.37. The zero-order chi connectivity index (χ0) is 11.5. The number of hydrogen-bond donors (Lipinski definition) is 2. The highest BCUT2D eigenvalue weighted by Gasteiger charge is 2.33. The molecule has 2 nitrogen and oxygen atoms in total. The summed E-state index contributed by atoms with van der Waals surface area (Å²) in [6.45, 7) is 4.44. The molecule has 0 spiro atoms. The van der Waals surface area contributed by atoms with Gasteiger partial charge in [0.05, 0.1) is 0 Å². The first kappa shape index (κ1) is 12.4. The third-order valence-corrected chi connectivity index (χ3v) is 5.01. The van der Waals surface area contributed by atoms with Crippen molar-refractivity contribution in [1.82, 2.24) is 5.32 Å². The molecule has 16 heavy (non-hydrogen) atoms. The molecule has 0 bridgehead atoms. The van der Waals surface area contributed by atoms with Crippen molar-refractivity contribution < 1.29 is 0 Å². The molecule has 2 heteroatoms. The van der Waals surface area contributed by atoms with E-state index in [4.69, 9.17) is 5.73 Å². The van der Waals surface area contributed by atoms with Gasteiger partial charge in [-0.2, -0.15) is 0 Å². The van der Waals surface area contributed by atoms with E-state index in [9.17, 15) is 0 Å². The maximum Gasteiger partial charge on any atom is 0.0153 e. The van der Waals surface area contributed by atoms with Gasteiger partial charge in [-0.15, -0.1) is 0 Å². The van der Waals surface area contributed by atoms with E-state index in [0.29, 0.717) is 11.0 Å². The van der Waals surface area contributed by atoms with E-state index in [0.717, 1.165) is 6.54 Å². The maximum atomic E-state index is 6.01. The van der Waals surface area contributed by atoms with Gasteiger partial charge in [-0.05, 0) is 64.0 Å². The van der Waals surface area contributed by atoms with Crippen LogP contribution in [0.2, 0.25) is 0 Å². The summed E-state index contributed by atoms with van der Waals surface area (Å²) < 4.78 is 0. The van der Waals surface area contributed by atoms with Crippen LogP contribution in [0.25, 0.3) is 0 Å². The fourth-order valence-electron chi connectivity index (χ4n) is 3.37. The smallest absolute Gasteiger partial charge is 0.0153 e. The molecule has 0 aliphatic heterocycles. The third-order valence-electron chi connectivity index (χ3n) is 5.01. The molecule has 0 unspecified atom stereocenters. The van der Waals surface area contributed by atoms with Gasteiger partial charge in [0.25, 0.3) is 0 Å². The lowest BCUT2D eigenvalue weighted by atomic mass is 9.71. The SMILES string of the molecule is CC1(NCCC2(CN)CCCCC2)CCC1. The number of rotatable bonds is 5. The van der Waals surface area contributed by atoms with Crippen molar-refractivity contribution in [3.63, 3.8) is 0 Å². The van der Waals surface area contributed by atoms with Crippen LogP contribution in [0.15, 0.2) is 0 Å². The summed E-state index contributed by atoms with van der Waals surface area (Å²) in [7, 11) is 0. The molecule has 0 saturated heterocycles. The Bertz CT molecular complexity index is 215. The molecule has 94 valence electrons. The molecule has 2 saturated carbocycles. The largest absolute Gasteiger partial charge is 0.330 e. The second-order valence-corrected chi connectivity index (χ2v) is 6.36. The molecule has 2 fully saturated rings. The second-order valence-electron chi connectivity index (χ2n) is 6.36. The van der Waals surface area contributed by atoms with Gasteiger partial charge < -0.3 is 11.1 Å². The van der Waals surface area contributed by atoms with Crippen molar-refractivity contribution >= 4 is 0 Å². The van der Waals surface area contributed by atoms with Crippen molar-refractivity contribution in [2.24, 2.45) is 11.1 Å². The molecule has 0 atom stereocenters. The van der Waals surface area contributed by atoms with Crippen LogP contribution in [0.4, 0.5) is 0 Å². The van der Waals surface area contributed by atoms with Crippen molar-refractivity contribution in [1.29, 1.82) is 0 Å². The quantitative estimate of drug-likeness (QED) is 0.753. The summed E-state index contributed by atoms with van der Waals surface area (Å²) in [6.07, 6.45) is 12.4. The molecule has 0 aromatic carbocycles. The summed E-state index contributed by atoms with van der Waals surface area (Å²) in [5.74, 6) is 0. The Morgan fingerprint density at radius 1 is 1.00 bits per heavy atom. The molecule has 2 aliphatic carbocycles. The molecule has 0 aromatic rings. The first-order valence-electron chi connectivity index (χ1n) is 7.13. The third kappa shape index (κ3) is 2.78. The predicted molar refractivity (Wildman–Crippen MR) is 69.4 cm³/mol. The first-order chi connectivity index (χ1) is 7.68. The van der Waals surface area contributed by atoms with Gasteiger partial charge in [0, 0.05) is 5.54 Å². The van der Waals surface area contributed by atoms with Crippen molar-refractivity contribution in [2.45, 2.75) is 70.3 Å². The van der Waals surface area contributed by atoms with Crippen LogP contribution in [0.5, 0.6) is 0 Å². The lowest BCUT2D eigenvalue weighted by Crippen LogP contribution is -2.49. The lowest BCUT2D eigenvalue weighted by Gasteiger charge is -2.42. The lowest BCUT2D eigenvalue weighted by molar-refractivity contribution is 0.154. The average molecular weight is 224 g/mol. The zero-order valence-electron chi connectivity index (χ0n) is 10.9. The highest BCUT2D eigenvalue weighted by molar-refractivity contribution is 4.92. The number of nitrogens with two attached hydrogens (primary N) is 1. The van der Waals surface area contributed by atoms with Crippen LogP contribution < -0.4 is 11.1 Å². The van der Waals surface area contributed by atoms with E-state index < -0.39 is 0 Å². The molecular formula is C14H28N2. The Kier molecular flexibility index (Phi) is 3.91. The van der Waals surface area contributed by atoms with Crippen molar-refractivity contribution in [3.8, 4) is 0 Å². The van der Waals surface area contributed by atoms with E-state index in [1.54, 1.807) is 0 Å². The molecule has 2 rings (SSSR count). The first-order valence-corrected chi connectivity index (χ1v) is 7.13. The Labute approximate surface area is 100 Å². The summed E-state index contributed by atoms with van der Waals surface area (Å²) in [6, 6.07) is 0. The molecule has 3 N–H and O–H groups in total. The topological polar surface area (TPSA) is 38.0 Å². The normalized spacial score (nSPS) is 27.4. The van der Waals surface area contributed by atoms with Gasteiger partial charge in [-0.25, -0.2) is 0 Å². The predicted octanol–water partition coefficient (Wildman–Crippen LogP) is 2.82. The van der Waals surface area contributed by atoms with E-state index >= 15 is 0 Å². The van der Waals surface area contributed by atoms with Gasteiger partial charge in [0.1, 0.15) is 0 Å². The highest BCUT2D eigenvalue weighted by Crippen LogP contribution is 2.38. The highest BCUT2D eigenvalue weighted by atomic mass is 15.0. The molecule has 0 aromatic heterocycles. The standard InChI is InChI=1S/C14H28N2/c1-13(6-5-7-13)16-11-10-14(12-15)8-3-2-4-9-14/h16H,2-12,15H2,1H3. The monoisotopic (exact) mass is 224 g/mol. The Hall–Kier alpha value is -0.0800. The van der Waals surface area contributed by atoms with E-state index in [-0.39, 0.29) is 0 Å². The summed E-state index contributed by atoms with van der Waals surface area (Å²) >= 11 is 0. The minimum absolute atomic E-state index is 0.463. The van der Waals surface area contributed by atoms with E-state index in [1.165, 1.54) is 64.3 Å².